The standard InChI is InChI=1S/C24H34O7/c1-15-12-20(31-17(3)26)24(14-29-16(2)25)19(6-5-9-23(24)13-30-23)22(15,4)10-7-18-8-11-28-21(18)27/h8,15,19-20H,5-7,9-14H2,1-4H3. The maximum absolute atomic E-state index is 12.1. The van der Waals surface area contributed by atoms with E-state index < -0.39 is 11.0 Å². The molecule has 2 heterocycles. The number of ether oxygens (including phenoxy) is 4. The van der Waals surface area contributed by atoms with E-state index in [2.05, 4.69) is 13.8 Å². The summed E-state index contributed by atoms with van der Waals surface area (Å²) in [5.41, 5.74) is -0.374. The normalized spacial score (nSPS) is 41.2. The Kier molecular flexibility index (Phi) is 5.69. The molecule has 1 saturated heterocycles. The Balaban J connectivity index is 1.72. The number of fused-ring (bicyclic) bond motifs is 2. The first-order chi connectivity index (χ1) is 14.6. The molecular weight excluding hydrogens is 400 g/mol. The number of rotatable bonds is 6. The van der Waals surface area contributed by atoms with Gasteiger partial charge in [0.25, 0.3) is 0 Å². The average Bonchev–Trinajstić information content (AvgIpc) is 3.36. The van der Waals surface area contributed by atoms with Gasteiger partial charge in [-0.15, -0.1) is 0 Å². The fraction of sp³-hybridized carbons (Fsp3) is 0.792. The minimum absolute atomic E-state index is 0.125. The van der Waals surface area contributed by atoms with Crippen molar-refractivity contribution in [3.63, 3.8) is 0 Å². The molecule has 0 N–H and O–H groups in total. The molecule has 0 aromatic heterocycles. The molecule has 7 nitrogen and oxygen atoms in total. The summed E-state index contributed by atoms with van der Waals surface area (Å²) in [4.78, 5) is 35.9. The highest BCUT2D eigenvalue weighted by Crippen LogP contribution is 2.69. The van der Waals surface area contributed by atoms with Crippen LogP contribution in [0.15, 0.2) is 11.6 Å². The van der Waals surface area contributed by atoms with E-state index in [0.29, 0.717) is 26.1 Å². The summed E-state index contributed by atoms with van der Waals surface area (Å²) in [6.07, 6.45) is 6.53. The average molecular weight is 435 g/mol. The molecule has 6 unspecified atom stereocenters. The van der Waals surface area contributed by atoms with Gasteiger partial charge in [-0.25, -0.2) is 4.79 Å². The highest BCUT2D eigenvalue weighted by Gasteiger charge is 2.74. The monoisotopic (exact) mass is 434 g/mol. The highest BCUT2D eigenvalue weighted by atomic mass is 16.6. The van der Waals surface area contributed by atoms with Crippen molar-refractivity contribution in [2.24, 2.45) is 22.7 Å². The van der Waals surface area contributed by atoms with Crippen LogP contribution in [-0.4, -0.2) is 49.4 Å². The summed E-state index contributed by atoms with van der Waals surface area (Å²) in [5, 5.41) is 0. The Hall–Kier alpha value is -1.89. The van der Waals surface area contributed by atoms with Crippen LogP contribution >= 0.6 is 0 Å². The number of epoxide rings is 1. The number of hydrogen-bond donors (Lipinski definition) is 0. The van der Waals surface area contributed by atoms with Crippen molar-refractivity contribution >= 4 is 17.9 Å². The smallest absolute Gasteiger partial charge is 0.334 e. The quantitative estimate of drug-likeness (QED) is 0.360. The number of cyclic esters (lactones) is 1. The molecular formula is C24H34O7. The number of carbonyl (C=O) groups excluding carboxylic acids is 3. The van der Waals surface area contributed by atoms with Crippen molar-refractivity contribution in [1.29, 1.82) is 0 Å². The van der Waals surface area contributed by atoms with E-state index in [1.54, 1.807) is 0 Å². The molecule has 0 radical (unpaired) electrons. The zero-order chi connectivity index (χ0) is 22.4. The first-order valence-electron chi connectivity index (χ1n) is 11.5. The summed E-state index contributed by atoms with van der Waals surface area (Å²) < 4.78 is 22.8. The Bertz CT molecular complexity index is 798. The molecule has 0 bridgehead atoms. The predicted molar refractivity (Wildman–Crippen MR) is 111 cm³/mol. The summed E-state index contributed by atoms with van der Waals surface area (Å²) in [7, 11) is 0. The fourth-order valence-corrected chi connectivity index (χ4v) is 6.80. The third-order valence-electron chi connectivity index (χ3n) is 8.66. The van der Waals surface area contributed by atoms with E-state index in [4.69, 9.17) is 18.9 Å². The molecule has 2 aliphatic heterocycles. The van der Waals surface area contributed by atoms with Crippen molar-refractivity contribution in [3.8, 4) is 0 Å². The minimum atomic E-state index is -0.575. The Morgan fingerprint density at radius 2 is 2.00 bits per heavy atom. The lowest BCUT2D eigenvalue weighted by atomic mass is 9.43. The van der Waals surface area contributed by atoms with Crippen LogP contribution in [0.25, 0.3) is 0 Å². The van der Waals surface area contributed by atoms with Gasteiger partial charge in [-0.3, -0.25) is 9.59 Å². The molecule has 0 amide bonds. The molecule has 2 saturated carbocycles. The SMILES string of the molecule is CC(=O)OCC12C(OC(C)=O)CC(C)C(C)(CCC3=CCOC3=O)C1CCCC21CO1. The van der Waals surface area contributed by atoms with Gasteiger partial charge in [0.1, 0.15) is 24.9 Å². The second kappa shape index (κ2) is 7.91. The molecule has 0 aromatic carbocycles. The summed E-state index contributed by atoms with van der Waals surface area (Å²) in [6, 6.07) is 0. The van der Waals surface area contributed by atoms with Crippen LogP contribution in [0.2, 0.25) is 0 Å². The maximum Gasteiger partial charge on any atom is 0.334 e. The zero-order valence-electron chi connectivity index (χ0n) is 19.0. The topological polar surface area (TPSA) is 91.4 Å². The van der Waals surface area contributed by atoms with Gasteiger partial charge < -0.3 is 18.9 Å². The van der Waals surface area contributed by atoms with Crippen LogP contribution in [0.1, 0.15) is 66.2 Å². The number of hydrogen-bond acceptors (Lipinski definition) is 7. The third-order valence-corrected chi connectivity index (χ3v) is 8.66. The predicted octanol–water partition coefficient (Wildman–Crippen LogP) is 3.35. The third kappa shape index (κ3) is 3.59. The van der Waals surface area contributed by atoms with Gasteiger partial charge in [0.05, 0.1) is 12.0 Å². The van der Waals surface area contributed by atoms with E-state index in [1.165, 1.54) is 13.8 Å². The lowest BCUT2D eigenvalue weighted by molar-refractivity contribution is -0.228. The van der Waals surface area contributed by atoms with Crippen molar-refractivity contribution < 1.29 is 33.3 Å². The number of esters is 3. The molecule has 1 spiro atoms. The molecule has 2 aliphatic carbocycles. The lowest BCUT2D eigenvalue weighted by Crippen LogP contribution is -2.67. The Morgan fingerprint density at radius 3 is 2.58 bits per heavy atom. The molecule has 4 rings (SSSR count). The second-order valence-electron chi connectivity index (χ2n) is 10.1. The summed E-state index contributed by atoms with van der Waals surface area (Å²) >= 11 is 0. The van der Waals surface area contributed by atoms with E-state index >= 15 is 0 Å². The molecule has 172 valence electrons. The molecule has 7 heteroatoms. The van der Waals surface area contributed by atoms with Crippen LogP contribution in [0.5, 0.6) is 0 Å². The molecule has 0 aromatic rings. The second-order valence-corrected chi connectivity index (χ2v) is 10.1. The largest absolute Gasteiger partial charge is 0.465 e. The van der Waals surface area contributed by atoms with Crippen molar-refractivity contribution in [1.82, 2.24) is 0 Å². The van der Waals surface area contributed by atoms with E-state index in [1.807, 2.05) is 6.08 Å². The highest BCUT2D eigenvalue weighted by molar-refractivity contribution is 5.90. The van der Waals surface area contributed by atoms with E-state index in [0.717, 1.165) is 31.3 Å². The van der Waals surface area contributed by atoms with Crippen LogP contribution < -0.4 is 0 Å². The van der Waals surface area contributed by atoms with Gasteiger partial charge in [0, 0.05) is 19.4 Å². The summed E-state index contributed by atoms with van der Waals surface area (Å²) in [6.45, 7) is 8.50. The molecule has 4 aliphatic rings. The van der Waals surface area contributed by atoms with Crippen molar-refractivity contribution in [2.75, 3.05) is 19.8 Å². The van der Waals surface area contributed by atoms with Crippen molar-refractivity contribution in [2.45, 2.75) is 77.9 Å². The van der Waals surface area contributed by atoms with Crippen LogP contribution in [0.4, 0.5) is 0 Å². The van der Waals surface area contributed by atoms with Gasteiger partial charge in [0.15, 0.2) is 0 Å². The van der Waals surface area contributed by atoms with E-state index in [-0.39, 0.29) is 47.9 Å². The minimum Gasteiger partial charge on any atom is -0.465 e. The first-order valence-corrected chi connectivity index (χ1v) is 11.5. The van der Waals surface area contributed by atoms with E-state index in [9.17, 15) is 14.4 Å². The van der Waals surface area contributed by atoms with Gasteiger partial charge >= 0.3 is 17.9 Å². The lowest BCUT2D eigenvalue weighted by Gasteiger charge is -2.63. The first kappa shape index (κ1) is 22.3. The Morgan fingerprint density at radius 1 is 1.26 bits per heavy atom. The van der Waals surface area contributed by atoms with Crippen LogP contribution in [0, 0.1) is 22.7 Å². The fourth-order valence-electron chi connectivity index (χ4n) is 6.80. The maximum atomic E-state index is 12.1. The summed E-state index contributed by atoms with van der Waals surface area (Å²) in [5.74, 6) is -0.472. The Labute approximate surface area is 183 Å². The van der Waals surface area contributed by atoms with Crippen LogP contribution in [-0.2, 0) is 33.3 Å². The van der Waals surface area contributed by atoms with Gasteiger partial charge in [0.2, 0.25) is 0 Å². The van der Waals surface area contributed by atoms with Gasteiger partial charge in [-0.05, 0) is 55.4 Å². The molecule has 3 fully saturated rings. The molecule has 6 atom stereocenters. The van der Waals surface area contributed by atoms with Gasteiger partial charge in [-0.1, -0.05) is 20.3 Å². The zero-order valence-corrected chi connectivity index (χ0v) is 19.0. The van der Waals surface area contributed by atoms with Gasteiger partial charge in [-0.2, -0.15) is 0 Å². The van der Waals surface area contributed by atoms with Crippen molar-refractivity contribution in [3.05, 3.63) is 11.6 Å². The molecule has 31 heavy (non-hydrogen) atoms. The van der Waals surface area contributed by atoms with Crippen LogP contribution in [0.3, 0.4) is 0 Å². The number of carbonyl (C=O) groups is 3.